The molecule has 0 radical (unpaired) electrons. The zero-order valence-electron chi connectivity index (χ0n) is 15.9. The summed E-state index contributed by atoms with van der Waals surface area (Å²) in [6.45, 7) is 1.45. The zero-order chi connectivity index (χ0) is 21.2. The van der Waals surface area contributed by atoms with E-state index in [9.17, 15) is 27.2 Å². The first-order valence-electron chi connectivity index (χ1n) is 9.26. The van der Waals surface area contributed by atoms with Crippen LogP contribution in [0.25, 0.3) is 0 Å². The van der Waals surface area contributed by atoms with Crippen LogP contribution in [0.3, 0.4) is 0 Å². The predicted molar refractivity (Wildman–Crippen MR) is 100 cm³/mol. The van der Waals surface area contributed by atoms with Crippen molar-refractivity contribution in [2.45, 2.75) is 18.5 Å². The van der Waals surface area contributed by atoms with Crippen molar-refractivity contribution in [1.82, 2.24) is 9.80 Å². The number of carbonyl (C=O) groups is 2. The van der Waals surface area contributed by atoms with E-state index in [4.69, 9.17) is 4.74 Å². The molecule has 1 aromatic carbocycles. The number of ether oxygens (including phenoxy) is 1. The second-order valence-corrected chi connectivity index (χ2v) is 8.40. The fourth-order valence-corrected chi connectivity index (χ4v) is 4.71. The predicted octanol–water partition coefficient (Wildman–Crippen LogP) is 3.59. The number of thioether (sulfide) groups is 1. The standard InChI is InChI=1S/C19H22F4N2O3S/c1-28-17(26)13-8-12(15-3-2-14(9-16(15)20)19(21,22)23)10-25(11-13)18(27)24-4-6-29-7-5-24/h2-3,9,12-13H,4-8,10-11H2,1H3. The molecule has 2 aliphatic heterocycles. The van der Waals surface area contributed by atoms with Crippen molar-refractivity contribution in [2.75, 3.05) is 44.8 Å². The minimum Gasteiger partial charge on any atom is -0.469 e. The second kappa shape index (κ2) is 8.81. The Kier molecular flexibility index (Phi) is 6.60. The summed E-state index contributed by atoms with van der Waals surface area (Å²) in [6, 6.07) is 2.15. The summed E-state index contributed by atoms with van der Waals surface area (Å²) in [5.74, 6) is -1.14. The van der Waals surface area contributed by atoms with Gasteiger partial charge < -0.3 is 14.5 Å². The van der Waals surface area contributed by atoms with Crippen LogP contribution >= 0.6 is 11.8 Å². The van der Waals surface area contributed by atoms with E-state index in [0.717, 1.165) is 23.6 Å². The number of methoxy groups -OCH3 is 1. The number of piperidine rings is 1. The summed E-state index contributed by atoms with van der Waals surface area (Å²) in [5, 5.41) is 0. The van der Waals surface area contributed by atoms with Crippen molar-refractivity contribution in [2.24, 2.45) is 5.92 Å². The first-order chi connectivity index (χ1) is 13.7. The molecule has 29 heavy (non-hydrogen) atoms. The van der Waals surface area contributed by atoms with Crippen LogP contribution in [0.4, 0.5) is 22.4 Å². The van der Waals surface area contributed by atoms with Crippen LogP contribution in [-0.4, -0.2) is 66.6 Å². The molecule has 0 spiro atoms. The molecular weight excluding hydrogens is 412 g/mol. The third-order valence-electron chi connectivity index (χ3n) is 5.30. The average Bonchev–Trinajstić information content (AvgIpc) is 2.72. The maximum Gasteiger partial charge on any atom is 0.416 e. The van der Waals surface area contributed by atoms with Gasteiger partial charge in [-0.25, -0.2) is 9.18 Å². The maximum absolute atomic E-state index is 14.5. The van der Waals surface area contributed by atoms with Crippen LogP contribution in [-0.2, 0) is 15.7 Å². The molecule has 0 N–H and O–H groups in total. The number of amides is 2. The van der Waals surface area contributed by atoms with Gasteiger partial charge in [-0.2, -0.15) is 24.9 Å². The Morgan fingerprint density at radius 2 is 1.83 bits per heavy atom. The highest BCUT2D eigenvalue weighted by Crippen LogP contribution is 2.36. The van der Waals surface area contributed by atoms with Gasteiger partial charge in [0.15, 0.2) is 0 Å². The fraction of sp³-hybridized carbons (Fsp3) is 0.579. The molecule has 2 fully saturated rings. The number of alkyl halides is 3. The molecule has 10 heteroatoms. The number of hydrogen-bond acceptors (Lipinski definition) is 4. The number of benzene rings is 1. The monoisotopic (exact) mass is 434 g/mol. The molecule has 2 heterocycles. The van der Waals surface area contributed by atoms with Gasteiger partial charge in [0, 0.05) is 43.6 Å². The van der Waals surface area contributed by atoms with Gasteiger partial charge in [-0.05, 0) is 24.1 Å². The summed E-state index contributed by atoms with van der Waals surface area (Å²) in [4.78, 5) is 28.2. The molecule has 2 amide bonds. The highest BCUT2D eigenvalue weighted by Gasteiger charge is 2.38. The second-order valence-electron chi connectivity index (χ2n) is 7.17. The Hall–Kier alpha value is -1.97. The van der Waals surface area contributed by atoms with Gasteiger partial charge in [-0.3, -0.25) is 4.79 Å². The molecule has 3 rings (SSSR count). The first-order valence-corrected chi connectivity index (χ1v) is 10.4. The number of likely N-dealkylation sites (tertiary alicyclic amines) is 1. The number of halogens is 4. The van der Waals surface area contributed by atoms with Crippen LogP contribution < -0.4 is 0 Å². The first kappa shape index (κ1) is 21.7. The lowest BCUT2D eigenvalue weighted by Gasteiger charge is -2.40. The van der Waals surface area contributed by atoms with Gasteiger partial charge in [0.05, 0.1) is 18.6 Å². The normalized spacial score (nSPS) is 23.1. The molecule has 2 atom stereocenters. The fourth-order valence-electron chi connectivity index (χ4n) is 3.81. The molecular formula is C19H22F4N2O3S. The average molecular weight is 434 g/mol. The SMILES string of the molecule is COC(=O)C1CC(c2ccc(C(F)(F)F)cc2F)CN(C(=O)N2CCSCC2)C1. The van der Waals surface area contributed by atoms with E-state index in [1.807, 2.05) is 0 Å². The Morgan fingerprint density at radius 3 is 2.41 bits per heavy atom. The van der Waals surface area contributed by atoms with Crippen LogP contribution in [0.2, 0.25) is 0 Å². The summed E-state index contributed by atoms with van der Waals surface area (Å²) < 4.78 is 57.9. The van der Waals surface area contributed by atoms with E-state index in [1.54, 1.807) is 16.7 Å². The van der Waals surface area contributed by atoms with Gasteiger partial charge >= 0.3 is 18.2 Å². The third-order valence-corrected chi connectivity index (χ3v) is 6.25. The highest BCUT2D eigenvalue weighted by atomic mass is 32.2. The molecule has 5 nitrogen and oxygen atoms in total. The van der Waals surface area contributed by atoms with Crippen molar-refractivity contribution < 1.29 is 31.9 Å². The number of nitrogens with zero attached hydrogens (tertiary/aromatic N) is 2. The van der Waals surface area contributed by atoms with Gasteiger partial charge in [0.2, 0.25) is 0 Å². The lowest BCUT2D eigenvalue weighted by Crippen LogP contribution is -2.52. The van der Waals surface area contributed by atoms with Crippen molar-refractivity contribution in [3.05, 3.63) is 35.1 Å². The molecule has 1 aromatic rings. The molecule has 0 aromatic heterocycles. The molecule has 160 valence electrons. The van der Waals surface area contributed by atoms with Gasteiger partial charge in [-0.1, -0.05) is 6.07 Å². The van der Waals surface area contributed by atoms with E-state index in [2.05, 4.69) is 0 Å². The molecule has 0 bridgehead atoms. The summed E-state index contributed by atoms with van der Waals surface area (Å²) in [7, 11) is 1.23. The summed E-state index contributed by atoms with van der Waals surface area (Å²) in [6.07, 6.45) is -4.44. The quantitative estimate of drug-likeness (QED) is 0.527. The minimum atomic E-state index is -4.64. The Bertz CT molecular complexity index is 768. The van der Waals surface area contributed by atoms with Crippen LogP contribution in [0, 0.1) is 11.7 Å². The van der Waals surface area contributed by atoms with Crippen molar-refractivity contribution in [1.29, 1.82) is 0 Å². The Balaban J connectivity index is 1.85. The van der Waals surface area contributed by atoms with E-state index >= 15 is 0 Å². The highest BCUT2D eigenvalue weighted by molar-refractivity contribution is 7.99. The Labute approximate surface area is 170 Å². The van der Waals surface area contributed by atoms with Gasteiger partial charge in [0.1, 0.15) is 5.82 Å². The van der Waals surface area contributed by atoms with E-state index in [0.29, 0.717) is 19.2 Å². The summed E-state index contributed by atoms with van der Waals surface area (Å²) >= 11 is 1.75. The maximum atomic E-state index is 14.5. The molecule has 2 saturated heterocycles. The van der Waals surface area contributed by atoms with Crippen molar-refractivity contribution in [3.63, 3.8) is 0 Å². The Morgan fingerprint density at radius 1 is 1.14 bits per heavy atom. The van der Waals surface area contributed by atoms with E-state index < -0.39 is 35.4 Å². The molecule has 0 aliphatic carbocycles. The number of esters is 1. The van der Waals surface area contributed by atoms with Crippen molar-refractivity contribution >= 4 is 23.8 Å². The molecule has 2 aliphatic rings. The molecule has 0 saturated carbocycles. The number of rotatable bonds is 2. The van der Waals surface area contributed by atoms with Gasteiger partial charge in [-0.15, -0.1) is 0 Å². The number of carbonyl (C=O) groups excluding carboxylic acids is 2. The van der Waals surface area contributed by atoms with Gasteiger partial charge in [0.25, 0.3) is 0 Å². The van der Waals surface area contributed by atoms with Crippen LogP contribution in [0.5, 0.6) is 0 Å². The van der Waals surface area contributed by atoms with Crippen LogP contribution in [0.15, 0.2) is 18.2 Å². The lowest BCUT2D eigenvalue weighted by atomic mass is 9.84. The lowest BCUT2D eigenvalue weighted by molar-refractivity contribution is -0.147. The van der Waals surface area contributed by atoms with E-state index in [-0.39, 0.29) is 31.1 Å². The molecule has 2 unspecified atom stereocenters. The van der Waals surface area contributed by atoms with Crippen molar-refractivity contribution in [3.8, 4) is 0 Å². The third kappa shape index (κ3) is 4.96. The minimum absolute atomic E-state index is 0.0682. The topological polar surface area (TPSA) is 49.9 Å². The smallest absolute Gasteiger partial charge is 0.416 e. The van der Waals surface area contributed by atoms with Crippen LogP contribution in [0.1, 0.15) is 23.5 Å². The number of urea groups is 1. The largest absolute Gasteiger partial charge is 0.469 e. The zero-order valence-corrected chi connectivity index (χ0v) is 16.7. The van der Waals surface area contributed by atoms with E-state index in [1.165, 1.54) is 12.0 Å². The summed E-state index contributed by atoms with van der Waals surface area (Å²) in [5.41, 5.74) is -1.00. The number of hydrogen-bond donors (Lipinski definition) is 0.